The van der Waals surface area contributed by atoms with Crippen LogP contribution in [0, 0.1) is 12.7 Å². The van der Waals surface area contributed by atoms with Crippen molar-refractivity contribution in [1.82, 2.24) is 29.9 Å². The molecule has 0 fully saturated rings. The van der Waals surface area contributed by atoms with Gasteiger partial charge in [0.1, 0.15) is 5.82 Å². The normalized spacial score (nSPS) is 12.3. The molecule has 0 aliphatic rings. The van der Waals surface area contributed by atoms with Crippen LogP contribution in [0.5, 0.6) is 0 Å². The average molecular weight is 441 g/mol. The maximum Gasteiger partial charge on any atom is 0.240 e. The minimum atomic E-state index is -0.304. The smallest absolute Gasteiger partial charge is 0.240 e. The highest BCUT2D eigenvalue weighted by molar-refractivity contribution is 7.99. The maximum absolute atomic E-state index is 13.9. The lowest BCUT2D eigenvalue weighted by Gasteiger charge is -2.11. The number of rotatable bonds is 8. The van der Waals surface area contributed by atoms with Crippen molar-refractivity contribution in [2.45, 2.75) is 30.8 Å². The molecule has 0 radical (unpaired) electrons. The summed E-state index contributed by atoms with van der Waals surface area (Å²) in [7, 11) is 1.65. The molecule has 1 aromatic carbocycles. The summed E-state index contributed by atoms with van der Waals surface area (Å²) in [5, 5.41) is 13.2. The van der Waals surface area contributed by atoms with Crippen molar-refractivity contribution in [2.75, 3.05) is 13.7 Å². The minimum absolute atomic E-state index is 0.188. The molecule has 0 aliphatic carbocycles. The Morgan fingerprint density at radius 1 is 1.16 bits per heavy atom. The van der Waals surface area contributed by atoms with Gasteiger partial charge in [0, 0.05) is 30.6 Å². The third kappa shape index (κ3) is 4.64. The summed E-state index contributed by atoms with van der Waals surface area (Å²) in [6.45, 7) is 4.76. The summed E-state index contributed by atoms with van der Waals surface area (Å²) >= 11 is 1.45. The zero-order chi connectivity index (χ0) is 21.8. The second-order valence-corrected chi connectivity index (χ2v) is 8.17. The van der Waals surface area contributed by atoms with Crippen LogP contribution >= 0.6 is 11.8 Å². The van der Waals surface area contributed by atoms with E-state index in [0.29, 0.717) is 41.2 Å². The van der Waals surface area contributed by atoms with Crippen LogP contribution in [0.25, 0.3) is 22.8 Å². The first-order chi connectivity index (χ1) is 15.1. The Balaban J connectivity index is 1.57. The zero-order valence-corrected chi connectivity index (χ0v) is 18.1. The van der Waals surface area contributed by atoms with Gasteiger partial charge in [-0.15, -0.1) is 10.2 Å². The van der Waals surface area contributed by atoms with E-state index < -0.39 is 0 Å². The average Bonchev–Trinajstić information content (AvgIpc) is 3.42. The molecule has 3 aromatic heterocycles. The standard InChI is InChI=1S/C21H21FN6O2S/c1-13-4-5-16(12-17(13)22)18-24-20(30-27-18)14(2)31-21-26-25-19(28(21)10-11-29-3)15-6-8-23-9-7-15/h4-9,12,14H,10-11H2,1-3H3. The van der Waals surface area contributed by atoms with Crippen molar-refractivity contribution in [1.29, 1.82) is 0 Å². The number of benzene rings is 1. The van der Waals surface area contributed by atoms with E-state index in [-0.39, 0.29) is 11.1 Å². The van der Waals surface area contributed by atoms with Crippen LogP contribution in [0.15, 0.2) is 52.4 Å². The molecule has 10 heteroatoms. The van der Waals surface area contributed by atoms with E-state index >= 15 is 0 Å². The van der Waals surface area contributed by atoms with Gasteiger partial charge in [-0.2, -0.15) is 4.98 Å². The minimum Gasteiger partial charge on any atom is -0.383 e. The molecule has 0 saturated heterocycles. The highest BCUT2D eigenvalue weighted by Gasteiger charge is 2.22. The molecule has 1 atom stereocenters. The van der Waals surface area contributed by atoms with Gasteiger partial charge in [0.15, 0.2) is 11.0 Å². The van der Waals surface area contributed by atoms with Crippen LogP contribution in [-0.2, 0) is 11.3 Å². The van der Waals surface area contributed by atoms with Gasteiger partial charge in [0.05, 0.1) is 18.4 Å². The molecule has 8 nitrogen and oxygen atoms in total. The van der Waals surface area contributed by atoms with Crippen molar-refractivity contribution in [3.8, 4) is 22.8 Å². The first kappa shape index (κ1) is 21.1. The number of pyridine rings is 1. The number of ether oxygens (including phenoxy) is 1. The number of halogens is 1. The summed E-state index contributed by atoms with van der Waals surface area (Å²) < 4.78 is 26.6. The van der Waals surface area contributed by atoms with E-state index in [9.17, 15) is 4.39 Å². The van der Waals surface area contributed by atoms with E-state index in [4.69, 9.17) is 9.26 Å². The Labute approximate surface area is 182 Å². The fourth-order valence-electron chi connectivity index (χ4n) is 2.93. The van der Waals surface area contributed by atoms with Gasteiger partial charge in [-0.3, -0.25) is 9.55 Å². The SMILES string of the molecule is COCCn1c(SC(C)c2nc(-c3ccc(C)c(F)c3)no2)nnc1-c1ccncc1. The molecule has 0 N–H and O–H groups in total. The van der Waals surface area contributed by atoms with Gasteiger partial charge >= 0.3 is 0 Å². The van der Waals surface area contributed by atoms with E-state index in [2.05, 4.69) is 25.3 Å². The van der Waals surface area contributed by atoms with Crippen LogP contribution in [0.4, 0.5) is 4.39 Å². The fraction of sp³-hybridized carbons (Fsp3) is 0.286. The third-order valence-electron chi connectivity index (χ3n) is 4.68. The van der Waals surface area contributed by atoms with E-state index in [1.165, 1.54) is 17.8 Å². The van der Waals surface area contributed by atoms with Crippen molar-refractivity contribution in [3.05, 3.63) is 60.0 Å². The van der Waals surface area contributed by atoms with Crippen molar-refractivity contribution in [3.63, 3.8) is 0 Å². The quantitative estimate of drug-likeness (QED) is 0.374. The van der Waals surface area contributed by atoms with Gasteiger partial charge in [-0.05, 0) is 37.6 Å². The molecule has 0 bridgehead atoms. The predicted octanol–water partition coefficient (Wildman–Crippen LogP) is 4.34. The lowest BCUT2D eigenvalue weighted by Crippen LogP contribution is -2.08. The number of aryl methyl sites for hydroxylation is 1. The summed E-state index contributed by atoms with van der Waals surface area (Å²) in [5.74, 6) is 1.20. The Morgan fingerprint density at radius 3 is 2.71 bits per heavy atom. The van der Waals surface area contributed by atoms with Crippen LogP contribution in [0.2, 0.25) is 0 Å². The molecule has 4 aromatic rings. The van der Waals surface area contributed by atoms with Crippen LogP contribution in [0.1, 0.15) is 23.6 Å². The number of thioether (sulfide) groups is 1. The van der Waals surface area contributed by atoms with E-state index in [1.807, 2.05) is 23.6 Å². The largest absolute Gasteiger partial charge is 0.383 e. The molecule has 1 unspecified atom stereocenters. The number of methoxy groups -OCH3 is 1. The second kappa shape index (κ2) is 9.36. The van der Waals surface area contributed by atoms with E-state index in [1.54, 1.807) is 38.6 Å². The highest BCUT2D eigenvalue weighted by Crippen LogP contribution is 2.35. The van der Waals surface area contributed by atoms with Crippen LogP contribution in [-0.4, -0.2) is 43.6 Å². The molecule has 160 valence electrons. The zero-order valence-electron chi connectivity index (χ0n) is 17.3. The fourth-order valence-corrected chi connectivity index (χ4v) is 3.84. The third-order valence-corrected chi connectivity index (χ3v) is 5.74. The monoisotopic (exact) mass is 440 g/mol. The molecule has 0 spiro atoms. The number of nitrogens with zero attached hydrogens (tertiary/aromatic N) is 6. The van der Waals surface area contributed by atoms with E-state index in [0.717, 1.165) is 11.4 Å². The number of hydrogen-bond acceptors (Lipinski definition) is 8. The van der Waals surface area contributed by atoms with Crippen molar-refractivity contribution < 1.29 is 13.7 Å². The summed E-state index contributed by atoms with van der Waals surface area (Å²) in [6.07, 6.45) is 3.43. The van der Waals surface area contributed by atoms with Crippen molar-refractivity contribution >= 4 is 11.8 Å². The Hall–Kier alpha value is -3.11. The maximum atomic E-state index is 13.9. The predicted molar refractivity (Wildman–Crippen MR) is 114 cm³/mol. The summed E-state index contributed by atoms with van der Waals surface area (Å²) in [4.78, 5) is 8.51. The molecular weight excluding hydrogens is 419 g/mol. The van der Waals surface area contributed by atoms with Crippen LogP contribution < -0.4 is 0 Å². The number of hydrogen-bond donors (Lipinski definition) is 0. The second-order valence-electron chi connectivity index (χ2n) is 6.87. The number of aromatic nitrogens is 6. The van der Waals surface area contributed by atoms with Gasteiger partial charge < -0.3 is 9.26 Å². The topological polar surface area (TPSA) is 91.8 Å². The first-order valence-electron chi connectivity index (χ1n) is 9.66. The highest BCUT2D eigenvalue weighted by atomic mass is 32.2. The Bertz CT molecular complexity index is 1160. The molecule has 0 saturated carbocycles. The van der Waals surface area contributed by atoms with Gasteiger partial charge in [-0.25, -0.2) is 4.39 Å². The van der Waals surface area contributed by atoms with Crippen LogP contribution in [0.3, 0.4) is 0 Å². The molecular formula is C21H21FN6O2S. The first-order valence-corrected chi connectivity index (χ1v) is 10.5. The van der Waals surface area contributed by atoms with Crippen molar-refractivity contribution in [2.24, 2.45) is 0 Å². The van der Waals surface area contributed by atoms with Gasteiger partial charge in [-0.1, -0.05) is 29.1 Å². The molecule has 31 heavy (non-hydrogen) atoms. The summed E-state index contributed by atoms with van der Waals surface area (Å²) in [5.41, 5.74) is 2.05. The Kier molecular flexibility index (Phi) is 6.38. The molecule has 3 heterocycles. The molecule has 0 amide bonds. The summed E-state index contributed by atoms with van der Waals surface area (Å²) in [6, 6.07) is 8.64. The molecule has 4 rings (SSSR count). The Morgan fingerprint density at radius 2 is 1.97 bits per heavy atom. The lowest BCUT2D eigenvalue weighted by atomic mass is 10.1. The van der Waals surface area contributed by atoms with Gasteiger partial charge in [0.25, 0.3) is 0 Å². The molecule has 0 aliphatic heterocycles. The van der Waals surface area contributed by atoms with Gasteiger partial charge in [0.2, 0.25) is 11.7 Å². The lowest BCUT2D eigenvalue weighted by molar-refractivity contribution is 0.185.